The summed E-state index contributed by atoms with van der Waals surface area (Å²) >= 11 is 0. The van der Waals surface area contributed by atoms with Crippen molar-refractivity contribution in [1.82, 2.24) is 9.97 Å². The molecule has 9 heavy (non-hydrogen) atoms. The molecular formula is C7H10N2. The van der Waals surface area contributed by atoms with Gasteiger partial charge in [-0.25, -0.2) is 9.97 Å². The van der Waals surface area contributed by atoms with E-state index in [0.717, 1.165) is 18.7 Å². The van der Waals surface area contributed by atoms with Crippen LogP contribution < -0.4 is 0 Å². The van der Waals surface area contributed by atoms with Gasteiger partial charge >= 0.3 is 0 Å². The van der Waals surface area contributed by atoms with Gasteiger partial charge in [0.05, 0.1) is 0 Å². The lowest BCUT2D eigenvalue weighted by Crippen LogP contribution is -1.90. The van der Waals surface area contributed by atoms with Gasteiger partial charge in [-0.2, -0.15) is 0 Å². The van der Waals surface area contributed by atoms with Crippen molar-refractivity contribution in [2.75, 3.05) is 0 Å². The summed E-state index contributed by atoms with van der Waals surface area (Å²) < 4.78 is 0. The van der Waals surface area contributed by atoms with Gasteiger partial charge in [0.1, 0.15) is 5.82 Å². The second-order valence-electron chi connectivity index (χ2n) is 1.92. The van der Waals surface area contributed by atoms with Crippen LogP contribution in [0.3, 0.4) is 0 Å². The molecule has 0 bridgehead atoms. The van der Waals surface area contributed by atoms with Gasteiger partial charge in [0.25, 0.3) is 0 Å². The van der Waals surface area contributed by atoms with Crippen LogP contribution in [0.5, 0.6) is 0 Å². The third-order valence-electron chi connectivity index (χ3n) is 1.09. The van der Waals surface area contributed by atoms with E-state index in [-0.39, 0.29) is 0 Å². The molecule has 0 spiro atoms. The Balaban J connectivity index is 2.61. The van der Waals surface area contributed by atoms with E-state index in [0.29, 0.717) is 0 Å². The second kappa shape index (κ2) is 3.17. The molecule has 0 aliphatic carbocycles. The smallest absolute Gasteiger partial charge is 0.128 e. The van der Waals surface area contributed by atoms with Crippen molar-refractivity contribution >= 4 is 0 Å². The highest BCUT2D eigenvalue weighted by atomic mass is 14.8. The van der Waals surface area contributed by atoms with Crippen molar-refractivity contribution in [3.05, 3.63) is 24.3 Å². The number of aryl methyl sites for hydroxylation is 1. The third-order valence-corrected chi connectivity index (χ3v) is 1.09. The summed E-state index contributed by atoms with van der Waals surface area (Å²) in [5.41, 5.74) is 0. The summed E-state index contributed by atoms with van der Waals surface area (Å²) in [4.78, 5) is 8.11. The monoisotopic (exact) mass is 122 g/mol. The van der Waals surface area contributed by atoms with Crippen molar-refractivity contribution in [2.24, 2.45) is 0 Å². The lowest BCUT2D eigenvalue weighted by Gasteiger charge is -1.91. The molecule has 0 aromatic carbocycles. The van der Waals surface area contributed by atoms with Crippen molar-refractivity contribution in [3.8, 4) is 0 Å². The molecule has 0 saturated heterocycles. The molecule has 1 aromatic rings. The number of aromatic nitrogens is 2. The van der Waals surface area contributed by atoms with Crippen LogP contribution in [0.1, 0.15) is 19.2 Å². The average Bonchev–Trinajstić information content (AvgIpc) is 1.91. The molecule has 0 fully saturated rings. The van der Waals surface area contributed by atoms with Gasteiger partial charge in [-0.05, 0) is 12.5 Å². The van der Waals surface area contributed by atoms with Crippen molar-refractivity contribution in [3.63, 3.8) is 0 Å². The zero-order chi connectivity index (χ0) is 6.53. The number of hydrogen-bond donors (Lipinski definition) is 0. The van der Waals surface area contributed by atoms with Crippen LogP contribution in [0.4, 0.5) is 0 Å². The van der Waals surface area contributed by atoms with Crippen LogP contribution in [0.2, 0.25) is 0 Å². The number of nitrogens with zero attached hydrogens (tertiary/aromatic N) is 2. The molecule has 0 saturated carbocycles. The predicted octanol–water partition coefficient (Wildman–Crippen LogP) is 1.43. The maximum atomic E-state index is 4.06. The van der Waals surface area contributed by atoms with E-state index >= 15 is 0 Å². The fraction of sp³-hybridized carbons (Fsp3) is 0.429. The quantitative estimate of drug-likeness (QED) is 0.593. The lowest BCUT2D eigenvalue weighted by atomic mass is 10.3. The SMILES string of the molecule is CCCc1ncccn1. The van der Waals surface area contributed by atoms with Crippen molar-refractivity contribution in [1.29, 1.82) is 0 Å². The number of rotatable bonds is 2. The molecule has 1 aromatic heterocycles. The summed E-state index contributed by atoms with van der Waals surface area (Å²) in [6, 6.07) is 1.83. The first-order valence-electron chi connectivity index (χ1n) is 3.19. The Morgan fingerprint density at radius 2 is 2.00 bits per heavy atom. The van der Waals surface area contributed by atoms with Crippen LogP contribution in [-0.4, -0.2) is 9.97 Å². The maximum Gasteiger partial charge on any atom is 0.128 e. The standard InChI is InChI=1S/C7H10N2/c1-2-4-7-8-5-3-6-9-7/h3,5-6H,2,4H2,1H3. The van der Waals surface area contributed by atoms with Crippen LogP contribution in [0.25, 0.3) is 0 Å². The van der Waals surface area contributed by atoms with Crippen LogP contribution in [-0.2, 0) is 6.42 Å². The molecule has 0 amide bonds. The molecule has 1 heterocycles. The minimum Gasteiger partial charge on any atom is -0.241 e. The predicted molar refractivity (Wildman–Crippen MR) is 36.0 cm³/mol. The van der Waals surface area contributed by atoms with Gasteiger partial charge in [-0.1, -0.05) is 6.92 Å². The molecular weight excluding hydrogens is 112 g/mol. The first kappa shape index (κ1) is 6.20. The summed E-state index contributed by atoms with van der Waals surface area (Å²) in [5, 5.41) is 0. The van der Waals surface area contributed by atoms with E-state index in [9.17, 15) is 0 Å². The molecule has 0 atom stereocenters. The highest BCUT2D eigenvalue weighted by Gasteiger charge is 1.88. The fourth-order valence-electron chi connectivity index (χ4n) is 0.683. The topological polar surface area (TPSA) is 25.8 Å². The molecule has 2 heteroatoms. The average molecular weight is 122 g/mol. The first-order chi connectivity index (χ1) is 4.43. The number of hydrogen-bond acceptors (Lipinski definition) is 2. The molecule has 0 N–H and O–H groups in total. The highest BCUT2D eigenvalue weighted by molar-refractivity contribution is 4.87. The van der Waals surface area contributed by atoms with Gasteiger partial charge in [0.2, 0.25) is 0 Å². The van der Waals surface area contributed by atoms with E-state index in [4.69, 9.17) is 0 Å². The minimum atomic E-state index is 0.944. The van der Waals surface area contributed by atoms with Crippen LogP contribution in [0.15, 0.2) is 18.5 Å². The normalized spacial score (nSPS) is 9.44. The summed E-state index contributed by atoms with van der Waals surface area (Å²) in [6.07, 6.45) is 5.65. The Morgan fingerprint density at radius 1 is 1.33 bits per heavy atom. The molecule has 48 valence electrons. The van der Waals surface area contributed by atoms with E-state index in [2.05, 4.69) is 16.9 Å². The zero-order valence-corrected chi connectivity index (χ0v) is 5.54. The minimum absolute atomic E-state index is 0.944. The van der Waals surface area contributed by atoms with E-state index in [1.54, 1.807) is 12.4 Å². The highest BCUT2D eigenvalue weighted by Crippen LogP contribution is 1.91. The van der Waals surface area contributed by atoms with Crippen molar-refractivity contribution < 1.29 is 0 Å². The molecule has 0 aliphatic heterocycles. The molecule has 0 unspecified atom stereocenters. The summed E-state index contributed by atoms with van der Waals surface area (Å²) in [7, 11) is 0. The van der Waals surface area contributed by atoms with E-state index in [1.165, 1.54) is 0 Å². The van der Waals surface area contributed by atoms with Gasteiger partial charge in [0, 0.05) is 18.8 Å². The Morgan fingerprint density at radius 3 is 2.56 bits per heavy atom. The molecule has 0 aliphatic rings. The molecule has 0 radical (unpaired) electrons. The Kier molecular flexibility index (Phi) is 2.19. The molecule has 1 rings (SSSR count). The van der Waals surface area contributed by atoms with Gasteiger partial charge in [-0.3, -0.25) is 0 Å². The maximum absolute atomic E-state index is 4.06. The second-order valence-corrected chi connectivity index (χ2v) is 1.92. The summed E-state index contributed by atoms with van der Waals surface area (Å²) in [6.45, 7) is 2.12. The van der Waals surface area contributed by atoms with Gasteiger partial charge in [-0.15, -0.1) is 0 Å². The first-order valence-corrected chi connectivity index (χ1v) is 3.19. The van der Waals surface area contributed by atoms with Crippen molar-refractivity contribution in [2.45, 2.75) is 19.8 Å². The Labute approximate surface area is 55.0 Å². The van der Waals surface area contributed by atoms with Gasteiger partial charge in [0.15, 0.2) is 0 Å². The van der Waals surface area contributed by atoms with Crippen LogP contribution >= 0.6 is 0 Å². The van der Waals surface area contributed by atoms with E-state index < -0.39 is 0 Å². The van der Waals surface area contributed by atoms with E-state index in [1.807, 2.05) is 6.07 Å². The fourth-order valence-corrected chi connectivity index (χ4v) is 0.683. The Hall–Kier alpha value is -0.920. The largest absolute Gasteiger partial charge is 0.241 e. The lowest BCUT2D eigenvalue weighted by molar-refractivity contribution is 0.834. The van der Waals surface area contributed by atoms with Crippen LogP contribution in [0, 0.1) is 0 Å². The summed E-state index contributed by atoms with van der Waals surface area (Å²) in [5.74, 6) is 0.944. The Bertz CT molecular complexity index is 160. The van der Waals surface area contributed by atoms with Gasteiger partial charge < -0.3 is 0 Å². The third kappa shape index (κ3) is 1.80. The zero-order valence-electron chi connectivity index (χ0n) is 5.54. The molecule has 2 nitrogen and oxygen atoms in total.